The Morgan fingerprint density at radius 2 is 1.63 bits per heavy atom. The van der Waals surface area contributed by atoms with E-state index in [2.05, 4.69) is 35.6 Å². The van der Waals surface area contributed by atoms with Gasteiger partial charge in [0.05, 0.1) is 21.3 Å². The lowest BCUT2D eigenvalue weighted by molar-refractivity contribution is 0.356. The highest BCUT2D eigenvalue weighted by Crippen LogP contribution is 2.39. The van der Waals surface area contributed by atoms with Crippen LogP contribution in [0.3, 0.4) is 0 Å². The van der Waals surface area contributed by atoms with E-state index in [1.807, 2.05) is 6.07 Å². The summed E-state index contributed by atoms with van der Waals surface area (Å²) in [7, 11) is 5.08. The first kappa shape index (κ1) is 17.9. The predicted molar refractivity (Wildman–Crippen MR) is 110 cm³/mol. The van der Waals surface area contributed by atoms with Gasteiger partial charge < -0.3 is 19.5 Å². The number of benzene rings is 3. The van der Waals surface area contributed by atoms with Crippen molar-refractivity contribution in [2.45, 2.75) is 31.7 Å². The zero-order chi connectivity index (χ0) is 18.8. The molecule has 0 amide bonds. The van der Waals surface area contributed by atoms with E-state index in [-0.39, 0.29) is 0 Å². The predicted octanol–water partition coefficient (Wildman–Crippen LogP) is 4.70. The van der Waals surface area contributed by atoms with Crippen LogP contribution >= 0.6 is 0 Å². The van der Waals surface area contributed by atoms with E-state index in [0.717, 1.165) is 30.2 Å². The number of hydrogen-bond donors (Lipinski definition) is 1. The summed E-state index contributed by atoms with van der Waals surface area (Å²) < 4.78 is 16.6. The second-order valence-corrected chi connectivity index (χ2v) is 7.23. The van der Waals surface area contributed by atoms with E-state index >= 15 is 0 Å². The number of ether oxygens (including phenoxy) is 3. The molecule has 1 saturated heterocycles. The summed E-state index contributed by atoms with van der Waals surface area (Å²) in [6.45, 7) is 1.12. The summed E-state index contributed by atoms with van der Waals surface area (Å²) >= 11 is 0. The summed E-state index contributed by atoms with van der Waals surface area (Å²) in [6.07, 6.45) is 4.83. The third-order valence-corrected chi connectivity index (χ3v) is 5.63. The first-order valence-corrected chi connectivity index (χ1v) is 9.62. The van der Waals surface area contributed by atoms with Gasteiger partial charge in [0.1, 0.15) is 5.75 Å². The van der Waals surface area contributed by atoms with Crippen LogP contribution in [0.1, 0.15) is 24.8 Å². The quantitative estimate of drug-likeness (QED) is 0.665. The van der Waals surface area contributed by atoms with Gasteiger partial charge >= 0.3 is 0 Å². The molecule has 3 aromatic rings. The topological polar surface area (TPSA) is 39.7 Å². The van der Waals surface area contributed by atoms with Gasteiger partial charge in [-0.3, -0.25) is 0 Å². The van der Waals surface area contributed by atoms with Gasteiger partial charge in [0.15, 0.2) is 11.5 Å². The van der Waals surface area contributed by atoms with Gasteiger partial charge in [0, 0.05) is 6.04 Å². The summed E-state index contributed by atoms with van der Waals surface area (Å²) in [5.41, 5.74) is 1.35. The molecule has 1 unspecified atom stereocenters. The number of piperidine rings is 1. The van der Waals surface area contributed by atoms with Crippen molar-refractivity contribution in [2.75, 3.05) is 27.9 Å². The van der Waals surface area contributed by atoms with Gasteiger partial charge in [0.2, 0.25) is 0 Å². The summed E-state index contributed by atoms with van der Waals surface area (Å²) in [4.78, 5) is 0. The van der Waals surface area contributed by atoms with Crippen LogP contribution in [0.5, 0.6) is 17.2 Å². The van der Waals surface area contributed by atoms with E-state index < -0.39 is 0 Å². The fourth-order valence-electron chi connectivity index (χ4n) is 4.19. The SMILES string of the molecule is COc1ccc2cc(CC3CCCCN3)c3cc(OC)c(OC)cc3c2c1. The molecule has 3 aromatic carbocycles. The van der Waals surface area contributed by atoms with Crippen molar-refractivity contribution in [3.05, 3.63) is 42.0 Å². The zero-order valence-corrected chi connectivity index (χ0v) is 16.3. The minimum absolute atomic E-state index is 0.533. The van der Waals surface area contributed by atoms with Crippen molar-refractivity contribution in [3.8, 4) is 17.2 Å². The van der Waals surface area contributed by atoms with E-state index in [9.17, 15) is 0 Å². The Hall–Kier alpha value is -2.46. The molecule has 0 spiro atoms. The van der Waals surface area contributed by atoms with Crippen molar-refractivity contribution >= 4 is 21.5 Å². The van der Waals surface area contributed by atoms with Crippen LogP contribution in [0.4, 0.5) is 0 Å². The van der Waals surface area contributed by atoms with Crippen LogP contribution in [0.15, 0.2) is 36.4 Å². The molecule has 0 aromatic heterocycles. The molecule has 4 heteroatoms. The average Bonchev–Trinajstić information content (AvgIpc) is 2.73. The lowest BCUT2D eigenvalue weighted by Crippen LogP contribution is -2.35. The van der Waals surface area contributed by atoms with Gasteiger partial charge in [-0.05, 0) is 77.2 Å². The summed E-state index contributed by atoms with van der Waals surface area (Å²) in [6, 6.07) is 13.3. The molecule has 0 aliphatic carbocycles. The standard InChI is InChI=1S/C23H27NO3/c1-25-18-8-7-15-10-16(11-17-6-4-5-9-24-17)20-13-22(26-2)23(27-3)14-21(20)19(15)12-18/h7-8,10,12-14,17,24H,4-6,9,11H2,1-3H3. The van der Waals surface area contributed by atoms with Crippen LogP contribution in [-0.4, -0.2) is 33.9 Å². The minimum Gasteiger partial charge on any atom is -0.497 e. The van der Waals surface area contributed by atoms with Gasteiger partial charge in [0.25, 0.3) is 0 Å². The van der Waals surface area contributed by atoms with E-state index in [4.69, 9.17) is 14.2 Å². The van der Waals surface area contributed by atoms with Crippen molar-refractivity contribution in [1.29, 1.82) is 0 Å². The molecule has 142 valence electrons. The Bertz CT molecular complexity index is 961. The Kier molecular flexibility index (Phi) is 5.08. The first-order valence-electron chi connectivity index (χ1n) is 9.62. The normalized spacial score (nSPS) is 17.2. The molecule has 1 atom stereocenters. The highest BCUT2D eigenvalue weighted by Gasteiger charge is 2.18. The maximum atomic E-state index is 5.58. The third-order valence-electron chi connectivity index (χ3n) is 5.63. The molecular weight excluding hydrogens is 338 g/mol. The average molecular weight is 365 g/mol. The lowest BCUT2D eigenvalue weighted by Gasteiger charge is -2.24. The smallest absolute Gasteiger partial charge is 0.161 e. The molecule has 1 heterocycles. The molecule has 1 fully saturated rings. The van der Waals surface area contributed by atoms with E-state index in [0.29, 0.717) is 6.04 Å². The minimum atomic E-state index is 0.533. The summed E-state index contributed by atoms with van der Waals surface area (Å²) in [5.74, 6) is 2.38. The second-order valence-electron chi connectivity index (χ2n) is 7.23. The number of rotatable bonds is 5. The van der Waals surface area contributed by atoms with Gasteiger partial charge in [-0.1, -0.05) is 18.6 Å². The fraction of sp³-hybridized carbons (Fsp3) is 0.391. The van der Waals surface area contributed by atoms with Gasteiger partial charge in [-0.2, -0.15) is 0 Å². The Morgan fingerprint density at radius 1 is 0.852 bits per heavy atom. The molecule has 1 aliphatic heterocycles. The molecule has 4 rings (SSSR count). The van der Waals surface area contributed by atoms with Crippen LogP contribution in [-0.2, 0) is 6.42 Å². The van der Waals surface area contributed by atoms with Crippen LogP contribution < -0.4 is 19.5 Å². The van der Waals surface area contributed by atoms with E-state index in [1.54, 1.807) is 21.3 Å². The van der Waals surface area contributed by atoms with Crippen molar-refractivity contribution in [3.63, 3.8) is 0 Å². The van der Waals surface area contributed by atoms with Crippen LogP contribution in [0.25, 0.3) is 21.5 Å². The maximum Gasteiger partial charge on any atom is 0.161 e. The molecule has 27 heavy (non-hydrogen) atoms. The van der Waals surface area contributed by atoms with Gasteiger partial charge in [-0.15, -0.1) is 0 Å². The Labute approximate surface area is 160 Å². The lowest BCUT2D eigenvalue weighted by atomic mass is 9.91. The van der Waals surface area contributed by atoms with Crippen molar-refractivity contribution < 1.29 is 14.2 Å². The molecule has 0 saturated carbocycles. The maximum absolute atomic E-state index is 5.58. The number of nitrogens with one attached hydrogen (secondary N) is 1. The molecule has 0 radical (unpaired) electrons. The first-order chi connectivity index (χ1) is 13.2. The highest BCUT2D eigenvalue weighted by atomic mass is 16.5. The molecular formula is C23H27NO3. The Morgan fingerprint density at radius 3 is 2.30 bits per heavy atom. The van der Waals surface area contributed by atoms with Crippen LogP contribution in [0, 0.1) is 0 Å². The van der Waals surface area contributed by atoms with E-state index in [1.165, 1.54) is 46.4 Å². The van der Waals surface area contributed by atoms with Crippen LogP contribution in [0.2, 0.25) is 0 Å². The number of hydrogen-bond acceptors (Lipinski definition) is 4. The number of methoxy groups -OCH3 is 3. The highest BCUT2D eigenvalue weighted by molar-refractivity contribution is 6.10. The van der Waals surface area contributed by atoms with Gasteiger partial charge in [-0.25, -0.2) is 0 Å². The van der Waals surface area contributed by atoms with Crippen molar-refractivity contribution in [2.24, 2.45) is 0 Å². The third kappa shape index (κ3) is 3.42. The molecule has 4 nitrogen and oxygen atoms in total. The second kappa shape index (κ2) is 7.65. The fourth-order valence-corrected chi connectivity index (χ4v) is 4.19. The largest absolute Gasteiger partial charge is 0.497 e. The zero-order valence-electron chi connectivity index (χ0n) is 16.3. The number of fused-ring (bicyclic) bond motifs is 3. The summed E-state index contributed by atoms with van der Waals surface area (Å²) in [5, 5.41) is 8.47. The molecule has 0 bridgehead atoms. The van der Waals surface area contributed by atoms with Crippen molar-refractivity contribution in [1.82, 2.24) is 5.32 Å². The Balaban J connectivity index is 1.94. The molecule has 1 N–H and O–H groups in total. The molecule has 1 aliphatic rings. The monoisotopic (exact) mass is 365 g/mol.